The summed E-state index contributed by atoms with van der Waals surface area (Å²) in [5, 5.41) is 8.86. The Morgan fingerprint density at radius 2 is 2.00 bits per heavy atom. The van der Waals surface area contributed by atoms with Gasteiger partial charge in [-0.2, -0.15) is 5.26 Å². The van der Waals surface area contributed by atoms with Crippen LogP contribution in [0.15, 0.2) is 24.3 Å². The Morgan fingerprint density at radius 1 is 1.35 bits per heavy atom. The SMILES string of the molecule is CCOc1ccc(CC(=O)N2CCC(C#N)CC2)cc1. The molecule has 1 saturated heterocycles. The van der Waals surface area contributed by atoms with E-state index in [9.17, 15) is 4.79 Å². The summed E-state index contributed by atoms with van der Waals surface area (Å²) in [6, 6.07) is 9.94. The van der Waals surface area contributed by atoms with Gasteiger partial charge in [0.25, 0.3) is 0 Å². The predicted octanol–water partition coefficient (Wildman–Crippen LogP) is 2.39. The predicted molar refractivity (Wildman–Crippen MR) is 76.2 cm³/mol. The van der Waals surface area contributed by atoms with E-state index in [0.29, 0.717) is 26.1 Å². The van der Waals surface area contributed by atoms with E-state index >= 15 is 0 Å². The molecule has 1 aliphatic heterocycles. The zero-order valence-electron chi connectivity index (χ0n) is 11.8. The average Bonchev–Trinajstić information content (AvgIpc) is 2.49. The van der Waals surface area contributed by atoms with E-state index in [0.717, 1.165) is 24.2 Å². The van der Waals surface area contributed by atoms with Crippen molar-refractivity contribution in [2.24, 2.45) is 5.92 Å². The number of carbonyl (C=O) groups excluding carboxylic acids is 1. The summed E-state index contributed by atoms with van der Waals surface area (Å²) in [5.74, 6) is 1.09. The number of hydrogen-bond acceptors (Lipinski definition) is 3. The highest BCUT2D eigenvalue weighted by atomic mass is 16.5. The minimum absolute atomic E-state index is 0.115. The van der Waals surface area contributed by atoms with Crippen LogP contribution in [0.4, 0.5) is 0 Å². The van der Waals surface area contributed by atoms with Crippen molar-refractivity contribution in [2.75, 3.05) is 19.7 Å². The van der Waals surface area contributed by atoms with Crippen molar-refractivity contribution in [1.29, 1.82) is 5.26 Å². The minimum atomic E-state index is 0.115. The zero-order valence-corrected chi connectivity index (χ0v) is 11.8. The molecular formula is C16H20N2O2. The van der Waals surface area contributed by atoms with Crippen molar-refractivity contribution < 1.29 is 9.53 Å². The van der Waals surface area contributed by atoms with Crippen LogP contribution in [0.25, 0.3) is 0 Å². The number of likely N-dealkylation sites (tertiary alicyclic amines) is 1. The molecule has 0 bridgehead atoms. The lowest BCUT2D eigenvalue weighted by atomic mass is 9.98. The lowest BCUT2D eigenvalue weighted by Crippen LogP contribution is -2.39. The molecule has 0 unspecified atom stereocenters. The molecule has 4 heteroatoms. The fourth-order valence-electron chi connectivity index (χ4n) is 2.41. The molecule has 0 N–H and O–H groups in total. The molecular weight excluding hydrogens is 252 g/mol. The Labute approximate surface area is 120 Å². The van der Waals surface area contributed by atoms with Crippen LogP contribution in [0, 0.1) is 17.2 Å². The third-order valence-electron chi connectivity index (χ3n) is 3.62. The normalized spacial score (nSPS) is 15.7. The van der Waals surface area contributed by atoms with Crippen LogP contribution in [-0.2, 0) is 11.2 Å². The van der Waals surface area contributed by atoms with Gasteiger partial charge >= 0.3 is 0 Å². The van der Waals surface area contributed by atoms with Crippen molar-refractivity contribution in [3.63, 3.8) is 0 Å². The summed E-state index contributed by atoms with van der Waals surface area (Å²) in [6.07, 6.45) is 2.01. The number of nitrogens with zero attached hydrogens (tertiary/aromatic N) is 2. The monoisotopic (exact) mass is 272 g/mol. The second-order valence-electron chi connectivity index (χ2n) is 5.04. The van der Waals surface area contributed by atoms with E-state index in [-0.39, 0.29) is 11.8 Å². The Hall–Kier alpha value is -2.02. The van der Waals surface area contributed by atoms with Gasteiger partial charge in [-0.05, 0) is 37.5 Å². The van der Waals surface area contributed by atoms with E-state index < -0.39 is 0 Å². The Bertz CT molecular complexity index is 482. The van der Waals surface area contributed by atoms with Crippen LogP contribution in [0.3, 0.4) is 0 Å². The molecule has 0 radical (unpaired) electrons. The van der Waals surface area contributed by atoms with Gasteiger partial charge in [-0.15, -0.1) is 0 Å². The van der Waals surface area contributed by atoms with Crippen molar-refractivity contribution in [1.82, 2.24) is 4.90 Å². The van der Waals surface area contributed by atoms with Crippen molar-refractivity contribution in [2.45, 2.75) is 26.2 Å². The molecule has 20 heavy (non-hydrogen) atoms. The molecule has 1 aromatic carbocycles. The second kappa shape index (κ2) is 6.95. The van der Waals surface area contributed by atoms with Gasteiger partial charge in [0.2, 0.25) is 5.91 Å². The number of benzene rings is 1. The van der Waals surface area contributed by atoms with E-state index in [1.54, 1.807) is 0 Å². The summed E-state index contributed by atoms with van der Waals surface area (Å²) < 4.78 is 5.38. The van der Waals surface area contributed by atoms with Crippen LogP contribution >= 0.6 is 0 Å². The molecule has 1 aromatic rings. The first-order chi connectivity index (χ1) is 9.72. The van der Waals surface area contributed by atoms with E-state index in [1.807, 2.05) is 36.1 Å². The minimum Gasteiger partial charge on any atom is -0.494 e. The maximum Gasteiger partial charge on any atom is 0.226 e. The van der Waals surface area contributed by atoms with Gasteiger partial charge < -0.3 is 9.64 Å². The zero-order chi connectivity index (χ0) is 14.4. The van der Waals surface area contributed by atoms with Gasteiger partial charge in [0.1, 0.15) is 5.75 Å². The van der Waals surface area contributed by atoms with E-state index in [2.05, 4.69) is 6.07 Å². The standard InChI is InChI=1S/C16H20N2O2/c1-2-20-15-5-3-13(4-6-15)11-16(19)18-9-7-14(12-17)8-10-18/h3-6,14H,2,7-11H2,1H3. The maximum absolute atomic E-state index is 12.2. The van der Waals surface area contributed by atoms with Crippen LogP contribution < -0.4 is 4.74 Å². The first-order valence-electron chi connectivity index (χ1n) is 7.12. The molecule has 106 valence electrons. The number of rotatable bonds is 4. The molecule has 1 fully saturated rings. The smallest absolute Gasteiger partial charge is 0.226 e. The van der Waals surface area contributed by atoms with Crippen LogP contribution in [-0.4, -0.2) is 30.5 Å². The molecule has 0 spiro atoms. The summed E-state index contributed by atoms with van der Waals surface area (Å²) in [7, 11) is 0. The van der Waals surface area contributed by atoms with Crippen molar-refractivity contribution >= 4 is 5.91 Å². The molecule has 0 saturated carbocycles. The number of amides is 1. The van der Waals surface area contributed by atoms with Crippen molar-refractivity contribution in [3.05, 3.63) is 29.8 Å². The lowest BCUT2D eigenvalue weighted by molar-refractivity contribution is -0.131. The molecule has 4 nitrogen and oxygen atoms in total. The van der Waals surface area contributed by atoms with Gasteiger partial charge in [0, 0.05) is 19.0 Å². The van der Waals surface area contributed by atoms with Gasteiger partial charge in [0.05, 0.1) is 19.1 Å². The molecule has 1 aliphatic rings. The van der Waals surface area contributed by atoms with E-state index in [4.69, 9.17) is 10.00 Å². The third kappa shape index (κ3) is 3.74. The summed E-state index contributed by atoms with van der Waals surface area (Å²) in [6.45, 7) is 4.00. The molecule has 1 heterocycles. The maximum atomic E-state index is 12.2. The summed E-state index contributed by atoms with van der Waals surface area (Å²) in [5.41, 5.74) is 1.00. The van der Waals surface area contributed by atoms with E-state index in [1.165, 1.54) is 0 Å². The highest BCUT2D eigenvalue weighted by molar-refractivity contribution is 5.78. The lowest BCUT2D eigenvalue weighted by Gasteiger charge is -2.29. The number of piperidine rings is 1. The first-order valence-corrected chi connectivity index (χ1v) is 7.12. The number of carbonyl (C=O) groups is 1. The van der Waals surface area contributed by atoms with Crippen LogP contribution in [0.2, 0.25) is 0 Å². The number of ether oxygens (including phenoxy) is 1. The summed E-state index contributed by atoms with van der Waals surface area (Å²) >= 11 is 0. The Kier molecular flexibility index (Phi) is 5.00. The van der Waals surface area contributed by atoms with Gasteiger partial charge in [-0.25, -0.2) is 0 Å². The number of hydrogen-bond donors (Lipinski definition) is 0. The molecule has 2 rings (SSSR count). The second-order valence-corrected chi connectivity index (χ2v) is 5.04. The highest BCUT2D eigenvalue weighted by Gasteiger charge is 2.22. The summed E-state index contributed by atoms with van der Waals surface area (Å²) in [4.78, 5) is 14.1. The third-order valence-corrected chi connectivity index (χ3v) is 3.62. The largest absolute Gasteiger partial charge is 0.494 e. The molecule has 0 atom stereocenters. The van der Waals surface area contributed by atoms with Crippen LogP contribution in [0.1, 0.15) is 25.3 Å². The first kappa shape index (κ1) is 14.4. The van der Waals surface area contributed by atoms with Gasteiger partial charge in [0.15, 0.2) is 0 Å². The van der Waals surface area contributed by atoms with Crippen molar-refractivity contribution in [3.8, 4) is 11.8 Å². The number of nitriles is 1. The van der Waals surface area contributed by atoms with Gasteiger partial charge in [-0.1, -0.05) is 12.1 Å². The van der Waals surface area contributed by atoms with Crippen LogP contribution in [0.5, 0.6) is 5.75 Å². The fourth-order valence-corrected chi connectivity index (χ4v) is 2.41. The molecule has 0 aliphatic carbocycles. The quantitative estimate of drug-likeness (QED) is 0.845. The molecule has 0 aromatic heterocycles. The average molecular weight is 272 g/mol. The Morgan fingerprint density at radius 3 is 2.55 bits per heavy atom. The fraction of sp³-hybridized carbons (Fsp3) is 0.500. The van der Waals surface area contributed by atoms with Gasteiger partial charge in [-0.3, -0.25) is 4.79 Å². The Balaban J connectivity index is 1.87. The molecule has 1 amide bonds. The highest BCUT2D eigenvalue weighted by Crippen LogP contribution is 2.18. The topological polar surface area (TPSA) is 53.3 Å².